The summed E-state index contributed by atoms with van der Waals surface area (Å²) in [6.07, 6.45) is 5.39. The maximum atomic E-state index is 14.9. The van der Waals surface area contributed by atoms with E-state index in [4.69, 9.17) is 0 Å². The Morgan fingerprint density at radius 3 is 1.51 bits per heavy atom. The van der Waals surface area contributed by atoms with Crippen LogP contribution in [-0.4, -0.2) is 37.8 Å². The number of hydrogen-bond acceptors (Lipinski definition) is 10. The standard InChI is InChI=1S/C19H15FN4O2S.C18H13FN4O2S.C2H6/c1-8-5-10(6-9(2)21-8)15-13(20)7-12-16(25)14-18(26)23-27-19(14)24(11-3-4-11)17(12)22-15;1-8-6-9(4-5-20-8)14-12(19)7-11-15(24)13-17(25)22-26-18(13)23(10-2-3-10)16(11)21-14;1-2/h5-7,11H,3-4H2,1-2H3,(H,23,26);4-7,10H,2-3H2,1H3,(H,22,25);1-2H3. The Kier molecular flexibility index (Phi) is 9.12. The van der Waals surface area contributed by atoms with Crippen LogP contribution in [0.2, 0.25) is 0 Å². The fourth-order valence-electron chi connectivity index (χ4n) is 6.86. The summed E-state index contributed by atoms with van der Waals surface area (Å²) < 4.78 is 38.8. The van der Waals surface area contributed by atoms with Gasteiger partial charge < -0.3 is 9.13 Å². The molecule has 55 heavy (non-hydrogen) atoms. The molecule has 0 amide bonds. The Morgan fingerprint density at radius 2 is 1.07 bits per heavy atom. The summed E-state index contributed by atoms with van der Waals surface area (Å²) in [5.74, 6) is -1.17. The molecule has 2 aliphatic carbocycles. The molecule has 2 saturated carbocycles. The van der Waals surface area contributed by atoms with E-state index >= 15 is 0 Å². The van der Waals surface area contributed by atoms with Gasteiger partial charge in [0.2, 0.25) is 10.9 Å². The molecule has 280 valence electrons. The summed E-state index contributed by atoms with van der Waals surface area (Å²) in [5.41, 5.74) is 2.93. The van der Waals surface area contributed by atoms with Crippen LogP contribution in [0, 0.1) is 32.4 Å². The maximum absolute atomic E-state index is 14.9. The van der Waals surface area contributed by atoms with E-state index in [-0.39, 0.29) is 45.0 Å². The van der Waals surface area contributed by atoms with Crippen molar-refractivity contribution in [1.82, 2.24) is 37.8 Å². The van der Waals surface area contributed by atoms with Crippen LogP contribution >= 0.6 is 23.1 Å². The zero-order valence-electron chi connectivity index (χ0n) is 30.4. The second-order valence-corrected chi connectivity index (χ2v) is 15.1. The van der Waals surface area contributed by atoms with E-state index in [0.717, 1.165) is 65.8 Å². The first-order valence-corrected chi connectivity index (χ1v) is 19.5. The highest BCUT2D eigenvalue weighted by atomic mass is 32.1. The molecule has 8 aromatic heterocycles. The molecular formula is C39H34F2N8O4S2. The Bertz CT molecular complexity index is 3080. The number of aromatic amines is 2. The maximum Gasteiger partial charge on any atom is 0.271 e. The number of pyridine rings is 6. The highest BCUT2D eigenvalue weighted by Crippen LogP contribution is 2.41. The van der Waals surface area contributed by atoms with Crippen molar-refractivity contribution in [1.29, 1.82) is 0 Å². The lowest BCUT2D eigenvalue weighted by atomic mass is 10.1. The molecule has 0 aromatic carbocycles. The lowest BCUT2D eigenvalue weighted by Gasteiger charge is -2.13. The van der Waals surface area contributed by atoms with Crippen LogP contribution in [-0.2, 0) is 0 Å². The monoisotopic (exact) mass is 780 g/mol. The van der Waals surface area contributed by atoms with Crippen LogP contribution < -0.4 is 22.0 Å². The number of hydrogen-bond donors (Lipinski definition) is 2. The van der Waals surface area contributed by atoms with Gasteiger partial charge in [-0.25, -0.2) is 18.7 Å². The molecule has 0 saturated heterocycles. The second kappa shape index (κ2) is 13.8. The number of H-pyrrole nitrogens is 2. The van der Waals surface area contributed by atoms with Crippen molar-refractivity contribution in [3.63, 3.8) is 0 Å². The van der Waals surface area contributed by atoms with E-state index < -0.39 is 33.6 Å². The minimum atomic E-state index is -0.589. The van der Waals surface area contributed by atoms with Gasteiger partial charge in [0.25, 0.3) is 11.1 Å². The van der Waals surface area contributed by atoms with Gasteiger partial charge >= 0.3 is 0 Å². The highest BCUT2D eigenvalue weighted by molar-refractivity contribution is 7.13. The quantitative estimate of drug-likeness (QED) is 0.184. The van der Waals surface area contributed by atoms with Gasteiger partial charge in [-0.3, -0.25) is 37.9 Å². The lowest BCUT2D eigenvalue weighted by Crippen LogP contribution is -2.16. The molecule has 10 rings (SSSR count). The molecule has 0 atom stereocenters. The molecule has 0 aliphatic heterocycles. The van der Waals surface area contributed by atoms with Crippen molar-refractivity contribution < 1.29 is 8.78 Å². The molecule has 8 heterocycles. The molecule has 0 bridgehead atoms. The van der Waals surface area contributed by atoms with Gasteiger partial charge in [0, 0.05) is 46.5 Å². The Hall–Kier alpha value is -5.74. The number of aromatic nitrogens is 8. The van der Waals surface area contributed by atoms with Gasteiger partial charge in [0.05, 0.1) is 10.8 Å². The number of fused-ring (bicyclic) bond motifs is 4. The molecule has 12 nitrogen and oxygen atoms in total. The molecule has 0 unspecified atom stereocenters. The number of nitrogens with one attached hydrogen (secondary N) is 2. The minimum absolute atomic E-state index is 0.0862. The molecule has 8 aromatic rings. The zero-order valence-corrected chi connectivity index (χ0v) is 32.0. The topological polar surface area (TPSA) is 161 Å². The Morgan fingerprint density at radius 1 is 0.636 bits per heavy atom. The predicted molar refractivity (Wildman–Crippen MR) is 212 cm³/mol. The molecule has 2 N–H and O–H groups in total. The molecule has 16 heteroatoms. The van der Waals surface area contributed by atoms with Crippen molar-refractivity contribution in [3.05, 3.63) is 112 Å². The van der Waals surface area contributed by atoms with Crippen molar-refractivity contribution >= 4 is 65.6 Å². The van der Waals surface area contributed by atoms with Crippen molar-refractivity contribution in [2.75, 3.05) is 0 Å². The Balaban J connectivity index is 0.000000149. The van der Waals surface area contributed by atoms with Gasteiger partial charge in [-0.15, -0.1) is 0 Å². The largest absolute Gasteiger partial charge is 0.312 e. The van der Waals surface area contributed by atoms with E-state index in [0.29, 0.717) is 32.1 Å². The fourth-order valence-corrected chi connectivity index (χ4v) is 8.69. The SMILES string of the molecule is CC.Cc1cc(-c2nc3c(cc2F)c(=O)c2c(=O)[nH]sc2n3C2CC2)cc(C)n1.Cc1cc(-c2nc3c(cc2F)c(=O)c2c(=O)[nH]sc2n3C2CC2)ccn1. The van der Waals surface area contributed by atoms with E-state index in [1.807, 2.05) is 43.8 Å². The van der Waals surface area contributed by atoms with Crippen molar-refractivity contribution in [2.24, 2.45) is 0 Å². The van der Waals surface area contributed by atoms with E-state index in [2.05, 4.69) is 28.7 Å². The van der Waals surface area contributed by atoms with Crippen LogP contribution in [0.3, 0.4) is 0 Å². The minimum Gasteiger partial charge on any atom is -0.312 e. The molecule has 2 fully saturated rings. The third-order valence-electron chi connectivity index (χ3n) is 9.46. The Labute approximate surface area is 318 Å². The number of aryl methyl sites for hydroxylation is 3. The summed E-state index contributed by atoms with van der Waals surface area (Å²) in [5, 5.41) is 0.453. The fraction of sp³-hybridized carbons (Fsp3) is 0.282. The van der Waals surface area contributed by atoms with Gasteiger partial charge in [-0.2, -0.15) is 0 Å². The number of halogens is 2. The van der Waals surface area contributed by atoms with Gasteiger partial charge in [0.1, 0.15) is 54.7 Å². The van der Waals surface area contributed by atoms with Crippen molar-refractivity contribution in [2.45, 2.75) is 72.4 Å². The zero-order chi connectivity index (χ0) is 38.9. The van der Waals surface area contributed by atoms with Gasteiger partial charge in [-0.1, -0.05) is 13.8 Å². The van der Waals surface area contributed by atoms with Gasteiger partial charge in [-0.05, 0) is 106 Å². The van der Waals surface area contributed by atoms with Crippen LogP contribution in [0.25, 0.3) is 65.0 Å². The van der Waals surface area contributed by atoms with Crippen LogP contribution in [0.5, 0.6) is 0 Å². The first kappa shape index (κ1) is 36.2. The van der Waals surface area contributed by atoms with E-state index in [1.165, 1.54) is 12.1 Å². The summed E-state index contributed by atoms with van der Waals surface area (Å²) in [6.45, 7) is 9.51. The third kappa shape index (κ3) is 6.28. The van der Waals surface area contributed by atoms with Crippen LogP contribution in [0.15, 0.2) is 61.8 Å². The number of rotatable bonds is 4. The normalized spacial score (nSPS) is 13.9. The summed E-state index contributed by atoms with van der Waals surface area (Å²) in [7, 11) is 0. The highest BCUT2D eigenvalue weighted by Gasteiger charge is 2.31. The first-order chi connectivity index (χ1) is 26.5. The van der Waals surface area contributed by atoms with E-state index in [1.54, 1.807) is 30.5 Å². The van der Waals surface area contributed by atoms with E-state index in [9.17, 15) is 28.0 Å². The average Bonchev–Trinajstić information content (AvgIpc) is 4.10. The summed E-state index contributed by atoms with van der Waals surface area (Å²) >= 11 is 2.26. The molecule has 2 aliphatic rings. The smallest absolute Gasteiger partial charge is 0.271 e. The van der Waals surface area contributed by atoms with Crippen LogP contribution in [0.4, 0.5) is 8.78 Å². The number of nitrogens with zero attached hydrogens (tertiary/aromatic N) is 6. The average molecular weight is 781 g/mol. The first-order valence-electron chi connectivity index (χ1n) is 17.9. The third-order valence-corrected chi connectivity index (χ3v) is 11.2. The molecule has 0 spiro atoms. The lowest BCUT2D eigenvalue weighted by molar-refractivity contribution is 0.626. The summed E-state index contributed by atoms with van der Waals surface area (Å²) in [6, 6.07) is 9.76. The van der Waals surface area contributed by atoms with Crippen LogP contribution in [0.1, 0.15) is 68.7 Å². The summed E-state index contributed by atoms with van der Waals surface area (Å²) in [4.78, 5) is 68.5. The second-order valence-electron chi connectivity index (χ2n) is 13.5. The van der Waals surface area contributed by atoms with Crippen molar-refractivity contribution in [3.8, 4) is 22.5 Å². The molecule has 0 radical (unpaired) electrons. The molecular weight excluding hydrogens is 747 g/mol. The predicted octanol–water partition coefficient (Wildman–Crippen LogP) is 7.62. The van der Waals surface area contributed by atoms with Gasteiger partial charge in [0.15, 0.2) is 0 Å².